The largest absolute Gasteiger partial charge is 0.477 e. The Labute approximate surface area is 356 Å². The minimum absolute atomic E-state index is 0.0381. The molecule has 0 fully saturated rings. The molecular weight excluding hydrogens is 727 g/mol. The van der Waals surface area contributed by atoms with Crippen LogP contribution in [0.15, 0.2) is 60.8 Å². The van der Waals surface area contributed by atoms with Crippen LogP contribution < -0.4 is 0 Å². The molecule has 0 heterocycles. The van der Waals surface area contributed by atoms with Gasteiger partial charge in [0.25, 0.3) is 0 Å². The number of ether oxygens (including phenoxy) is 3. The van der Waals surface area contributed by atoms with Crippen molar-refractivity contribution >= 4 is 17.9 Å². The minimum Gasteiger partial charge on any atom is -0.477 e. The summed E-state index contributed by atoms with van der Waals surface area (Å²) in [6, 6.07) is -0.626. The molecule has 0 saturated heterocycles. The van der Waals surface area contributed by atoms with Gasteiger partial charge in [-0.25, -0.2) is 4.79 Å². The number of carbonyl (C=O) groups excluding carboxylic acids is 2. The van der Waals surface area contributed by atoms with Crippen molar-refractivity contribution in [3.05, 3.63) is 60.8 Å². The van der Waals surface area contributed by atoms with Gasteiger partial charge in [-0.05, 0) is 51.4 Å². The number of carboxylic acid groups (broad SMARTS) is 1. The number of carbonyl (C=O) groups is 3. The van der Waals surface area contributed by atoms with Crippen molar-refractivity contribution in [2.75, 3.05) is 41.0 Å². The molecule has 0 spiro atoms. The maximum Gasteiger partial charge on any atom is 0.362 e. The predicted octanol–water partition coefficient (Wildman–Crippen LogP) is 13.0. The van der Waals surface area contributed by atoms with Gasteiger partial charge in [-0.2, -0.15) is 0 Å². The number of nitrogens with zero attached hydrogens (tertiary/aromatic N) is 1. The van der Waals surface area contributed by atoms with Gasteiger partial charge in [0.1, 0.15) is 6.61 Å². The summed E-state index contributed by atoms with van der Waals surface area (Å²) in [5.74, 6) is -1.54. The molecule has 1 N–H and O–H groups in total. The van der Waals surface area contributed by atoms with Crippen LogP contribution in [0.1, 0.15) is 187 Å². The average molecular weight is 815 g/mol. The van der Waals surface area contributed by atoms with Gasteiger partial charge < -0.3 is 23.8 Å². The van der Waals surface area contributed by atoms with Crippen LogP contribution in [0.4, 0.5) is 0 Å². The summed E-state index contributed by atoms with van der Waals surface area (Å²) in [5, 5.41) is 9.63. The van der Waals surface area contributed by atoms with E-state index in [-0.39, 0.29) is 42.7 Å². The van der Waals surface area contributed by atoms with Crippen molar-refractivity contribution in [2.45, 2.75) is 199 Å². The first-order valence-electron chi connectivity index (χ1n) is 23.3. The van der Waals surface area contributed by atoms with Crippen LogP contribution >= 0.6 is 0 Å². The summed E-state index contributed by atoms with van der Waals surface area (Å²) in [6.07, 6.45) is 49.9. The lowest BCUT2D eigenvalue weighted by molar-refractivity contribution is -0.887. The Morgan fingerprint density at radius 2 is 0.966 bits per heavy atom. The molecule has 0 aromatic rings. The number of unbranched alkanes of at least 4 members (excludes halogenated alkanes) is 17. The SMILES string of the molecule is CC/C=C/C/C=C/C/C=C/C/C=C/C/C=C/CCCC(=O)OC(COCCC(C(=O)O)[N+](C)(C)C)COC(=O)CCCCCCCCCCCCCCCCCCC. The Hall–Kier alpha value is -2.97. The molecule has 0 saturated carbocycles. The number of allylic oxidation sites excluding steroid dienone is 10. The minimum atomic E-state index is -0.884. The lowest BCUT2D eigenvalue weighted by Gasteiger charge is -2.31. The first kappa shape index (κ1) is 55.0. The first-order chi connectivity index (χ1) is 28.1. The van der Waals surface area contributed by atoms with Crippen molar-refractivity contribution < 1.29 is 38.2 Å². The highest BCUT2D eigenvalue weighted by atomic mass is 16.6. The van der Waals surface area contributed by atoms with Gasteiger partial charge in [-0.1, -0.05) is 177 Å². The number of quaternary nitrogens is 1. The van der Waals surface area contributed by atoms with Gasteiger partial charge >= 0.3 is 17.9 Å². The van der Waals surface area contributed by atoms with Crippen LogP contribution in [0.3, 0.4) is 0 Å². The zero-order chi connectivity index (χ0) is 42.8. The third-order valence-electron chi connectivity index (χ3n) is 10.2. The molecule has 0 aliphatic carbocycles. The Kier molecular flexibility index (Phi) is 38.7. The Morgan fingerprint density at radius 1 is 0.534 bits per heavy atom. The van der Waals surface area contributed by atoms with Crippen molar-refractivity contribution in [1.29, 1.82) is 0 Å². The third-order valence-corrected chi connectivity index (χ3v) is 10.2. The Morgan fingerprint density at radius 3 is 1.41 bits per heavy atom. The maximum absolute atomic E-state index is 12.7. The van der Waals surface area contributed by atoms with E-state index in [0.717, 1.165) is 57.8 Å². The van der Waals surface area contributed by atoms with E-state index in [4.69, 9.17) is 14.2 Å². The van der Waals surface area contributed by atoms with Crippen LogP contribution in [0.5, 0.6) is 0 Å². The second-order valence-corrected chi connectivity index (χ2v) is 16.6. The molecule has 58 heavy (non-hydrogen) atoms. The molecule has 0 aliphatic heterocycles. The number of rotatable bonds is 41. The molecule has 0 rings (SSSR count). The lowest BCUT2D eigenvalue weighted by Crippen LogP contribution is -2.50. The van der Waals surface area contributed by atoms with Gasteiger partial charge in [0, 0.05) is 19.3 Å². The fourth-order valence-electron chi connectivity index (χ4n) is 6.60. The van der Waals surface area contributed by atoms with E-state index in [9.17, 15) is 19.5 Å². The molecule has 2 unspecified atom stereocenters. The normalized spacial score (nSPS) is 13.5. The monoisotopic (exact) mass is 815 g/mol. The number of hydrogen-bond acceptors (Lipinski definition) is 6. The van der Waals surface area contributed by atoms with Crippen LogP contribution in [-0.2, 0) is 28.6 Å². The molecule has 8 nitrogen and oxygen atoms in total. The van der Waals surface area contributed by atoms with Gasteiger partial charge in [0.15, 0.2) is 12.1 Å². The van der Waals surface area contributed by atoms with E-state index in [1.165, 1.54) is 89.9 Å². The number of carboxylic acids is 1. The summed E-state index contributed by atoms with van der Waals surface area (Å²) in [4.78, 5) is 37.0. The number of aliphatic carboxylic acids is 1. The predicted molar refractivity (Wildman–Crippen MR) is 243 cm³/mol. The molecule has 334 valence electrons. The second kappa shape index (κ2) is 40.8. The molecule has 0 aromatic carbocycles. The quantitative estimate of drug-likeness (QED) is 0.0284. The number of esters is 2. The van der Waals surface area contributed by atoms with E-state index in [2.05, 4.69) is 74.6 Å². The second-order valence-electron chi connectivity index (χ2n) is 16.6. The highest BCUT2D eigenvalue weighted by Crippen LogP contribution is 2.15. The van der Waals surface area contributed by atoms with E-state index in [1.807, 2.05) is 21.1 Å². The fraction of sp³-hybridized carbons (Fsp3) is 0.740. The third kappa shape index (κ3) is 38.5. The van der Waals surface area contributed by atoms with Gasteiger partial charge in [0.2, 0.25) is 0 Å². The lowest BCUT2D eigenvalue weighted by atomic mass is 10.0. The van der Waals surface area contributed by atoms with Crippen molar-refractivity contribution in [2.24, 2.45) is 0 Å². The zero-order valence-corrected chi connectivity index (χ0v) is 38.0. The molecular formula is C50H88NO7+. The van der Waals surface area contributed by atoms with Crippen LogP contribution in [0.25, 0.3) is 0 Å². The van der Waals surface area contributed by atoms with E-state index < -0.39 is 18.1 Å². The molecule has 0 aromatic heterocycles. The van der Waals surface area contributed by atoms with Crippen molar-refractivity contribution in [1.82, 2.24) is 0 Å². The first-order valence-corrected chi connectivity index (χ1v) is 23.3. The van der Waals surface area contributed by atoms with Crippen LogP contribution in [0, 0.1) is 0 Å². The Bertz CT molecular complexity index is 1130. The molecule has 0 radical (unpaired) electrons. The average Bonchev–Trinajstić information content (AvgIpc) is 3.18. The molecule has 0 bridgehead atoms. The molecule has 8 heteroatoms. The smallest absolute Gasteiger partial charge is 0.362 e. The Balaban J connectivity index is 4.39. The van der Waals surface area contributed by atoms with Crippen LogP contribution in [0.2, 0.25) is 0 Å². The van der Waals surface area contributed by atoms with E-state index >= 15 is 0 Å². The van der Waals surface area contributed by atoms with Crippen LogP contribution in [-0.4, -0.2) is 80.6 Å². The van der Waals surface area contributed by atoms with Gasteiger partial charge in [0.05, 0.1) is 34.4 Å². The zero-order valence-electron chi connectivity index (χ0n) is 38.0. The molecule has 2 atom stereocenters. The topological polar surface area (TPSA) is 99.1 Å². The van der Waals surface area contributed by atoms with Crippen molar-refractivity contribution in [3.63, 3.8) is 0 Å². The fourth-order valence-corrected chi connectivity index (χ4v) is 6.60. The summed E-state index contributed by atoms with van der Waals surface area (Å²) < 4.78 is 17.2. The maximum atomic E-state index is 12.7. The summed E-state index contributed by atoms with van der Waals surface area (Å²) >= 11 is 0. The standard InChI is InChI=1S/C50H87NO7/c1-6-8-10-12-14-16-18-20-22-24-26-28-30-32-34-36-38-40-48(52)57-45-46(44-56-43-42-47(50(54)55)51(3,4)5)58-49(53)41-39-37-35-33-31-29-27-25-23-21-19-17-15-13-11-9-7-2/h9,11,15,17,21,23,27,29,33,35,46-47H,6-8,10,12-14,16,18-20,22,24-26,28,30-32,34,36-45H2,1-5H3/p+1/b11-9+,17-15+,23-21+,29-27+,35-33+. The highest BCUT2D eigenvalue weighted by Gasteiger charge is 2.31. The van der Waals surface area contributed by atoms with E-state index in [0.29, 0.717) is 19.3 Å². The highest BCUT2D eigenvalue weighted by molar-refractivity contribution is 5.72. The van der Waals surface area contributed by atoms with Gasteiger partial charge in [-0.3, -0.25) is 9.59 Å². The summed E-state index contributed by atoms with van der Waals surface area (Å²) in [5.41, 5.74) is 0. The van der Waals surface area contributed by atoms with Crippen molar-refractivity contribution in [3.8, 4) is 0 Å². The van der Waals surface area contributed by atoms with E-state index in [1.54, 1.807) is 0 Å². The molecule has 0 amide bonds. The summed E-state index contributed by atoms with van der Waals surface area (Å²) in [6.45, 7) is 4.57. The van der Waals surface area contributed by atoms with Gasteiger partial charge in [-0.15, -0.1) is 0 Å². The summed E-state index contributed by atoms with van der Waals surface area (Å²) in [7, 11) is 5.51. The number of likely N-dealkylation sites (N-methyl/N-ethyl adjacent to an activating group) is 1. The number of hydrogen-bond donors (Lipinski definition) is 1. The molecule has 0 aliphatic rings.